The third-order valence-corrected chi connectivity index (χ3v) is 5.37. The van der Waals surface area contributed by atoms with Gasteiger partial charge in [-0.05, 0) is 0 Å². The van der Waals surface area contributed by atoms with Gasteiger partial charge in [0.2, 0.25) is 0 Å². The summed E-state index contributed by atoms with van der Waals surface area (Å²) in [5, 5.41) is 136. The molecule has 16 N–H and O–H groups in total. The van der Waals surface area contributed by atoms with E-state index in [-0.39, 0.29) is 0 Å². The molecule has 0 aliphatic rings. The van der Waals surface area contributed by atoms with E-state index in [0.717, 1.165) is 0 Å². The van der Waals surface area contributed by atoms with Crippen molar-refractivity contribution in [1.29, 1.82) is 0 Å². The van der Waals surface area contributed by atoms with Gasteiger partial charge in [-0.3, -0.25) is 19.6 Å². The van der Waals surface area contributed by atoms with E-state index < -0.39 is 127 Å². The fourth-order valence-corrected chi connectivity index (χ4v) is 1.20. The van der Waals surface area contributed by atoms with E-state index in [9.17, 15) is 0 Å². The van der Waals surface area contributed by atoms with Crippen LogP contribution in [0, 0.1) is 21.7 Å². The molecular weight excluding hydrogens is 664 g/mol. The van der Waals surface area contributed by atoms with Gasteiger partial charge in [0.15, 0.2) is 0 Å². The Morgan fingerprint density at radius 1 is 0.208 bits per heavy atom. The number of aliphatic hydroxyl groups excluding tert-OH is 16. The monoisotopic (exact) mass is 712 g/mol. The topological polar surface area (TPSA) is 558 Å². The van der Waals surface area contributed by atoms with Crippen LogP contribution in [-0.4, -0.2) is 187 Å². The molecular formula is C20H48N12O16-4. The van der Waals surface area contributed by atoms with Crippen LogP contribution in [0.5, 0.6) is 0 Å². The standard InChI is InChI=1S/4C5H12O4.4N3/c4*6-1-5(2-7,3-8)4-9;4*1-3-2/h4*6-9H,1-4H2;;;;/q;;;;4*-1. The van der Waals surface area contributed by atoms with Crippen LogP contribution in [-0.2, 0) is 0 Å². The zero-order valence-corrected chi connectivity index (χ0v) is 25.8. The van der Waals surface area contributed by atoms with Crippen LogP contribution in [0.2, 0.25) is 0 Å². The predicted molar refractivity (Wildman–Crippen MR) is 163 cm³/mol. The van der Waals surface area contributed by atoms with Crippen LogP contribution in [0.1, 0.15) is 0 Å². The van der Waals surface area contributed by atoms with Gasteiger partial charge in [-0.2, -0.15) is 0 Å². The Morgan fingerprint density at radius 2 is 0.250 bits per heavy atom. The molecule has 0 aromatic rings. The Hall–Kier alpha value is -3.40. The molecule has 288 valence electrons. The van der Waals surface area contributed by atoms with Gasteiger partial charge in [0.25, 0.3) is 0 Å². The molecule has 0 spiro atoms. The first-order chi connectivity index (χ1) is 22.6. The molecule has 0 saturated carbocycles. The molecule has 0 bridgehead atoms. The molecule has 0 aromatic carbocycles. The summed E-state index contributed by atoms with van der Waals surface area (Å²) in [6.45, 7) is -6.50. The lowest BCUT2D eigenvalue weighted by Crippen LogP contribution is -2.37. The van der Waals surface area contributed by atoms with Crippen LogP contribution < -0.4 is 0 Å². The number of rotatable bonds is 16. The van der Waals surface area contributed by atoms with Crippen molar-refractivity contribution in [2.75, 3.05) is 106 Å². The average molecular weight is 713 g/mol. The lowest BCUT2D eigenvalue weighted by atomic mass is 9.93. The number of hydrogen-bond donors (Lipinski definition) is 16. The smallest absolute Gasteiger partial charge is 0.0627 e. The van der Waals surface area contributed by atoms with Gasteiger partial charge < -0.3 is 126 Å². The predicted octanol–water partition coefficient (Wildman–Crippen LogP) is -4.77. The maximum absolute atomic E-state index is 8.50. The van der Waals surface area contributed by atoms with Crippen molar-refractivity contribution in [3.05, 3.63) is 63.9 Å². The number of hydrogen-bond acceptors (Lipinski definition) is 16. The molecule has 0 rings (SSSR count). The van der Waals surface area contributed by atoms with Crippen LogP contribution in [0.3, 0.4) is 0 Å². The Balaban J connectivity index is -0.0000000666. The Labute approximate surface area is 273 Å². The van der Waals surface area contributed by atoms with Crippen molar-refractivity contribution in [2.24, 2.45) is 21.7 Å². The second kappa shape index (κ2) is 48.0. The summed E-state index contributed by atoms with van der Waals surface area (Å²) in [5.41, 5.74) is 49.6. The van der Waals surface area contributed by atoms with Crippen LogP contribution in [0.4, 0.5) is 0 Å². The van der Waals surface area contributed by atoms with Crippen LogP contribution in [0.15, 0.2) is 0 Å². The molecule has 0 amide bonds. The summed E-state index contributed by atoms with van der Waals surface area (Å²) in [6, 6.07) is 0. The molecule has 0 saturated heterocycles. The summed E-state index contributed by atoms with van der Waals surface area (Å²) in [7, 11) is 0. The van der Waals surface area contributed by atoms with Crippen LogP contribution >= 0.6 is 0 Å². The first-order valence-corrected chi connectivity index (χ1v) is 12.3. The highest BCUT2D eigenvalue weighted by molar-refractivity contribution is 4.76. The normalized spacial score (nSPS) is 9.67. The second-order valence-corrected chi connectivity index (χ2v) is 8.89. The fourth-order valence-electron chi connectivity index (χ4n) is 1.20. The van der Waals surface area contributed by atoms with Crippen molar-refractivity contribution in [3.63, 3.8) is 0 Å². The third-order valence-electron chi connectivity index (χ3n) is 5.37. The molecule has 28 nitrogen and oxygen atoms in total. The van der Waals surface area contributed by atoms with E-state index in [1.165, 1.54) is 19.6 Å². The van der Waals surface area contributed by atoms with Crippen molar-refractivity contribution >= 4 is 0 Å². The zero-order chi connectivity index (χ0) is 40.1. The van der Waals surface area contributed by atoms with Crippen molar-refractivity contribution < 1.29 is 81.7 Å². The molecule has 0 aliphatic heterocycles. The van der Waals surface area contributed by atoms with E-state index >= 15 is 0 Å². The summed E-state index contributed by atoms with van der Waals surface area (Å²) < 4.78 is 0. The van der Waals surface area contributed by atoms with Gasteiger partial charge in [-0.25, -0.2) is 0 Å². The number of aliphatic hydroxyl groups is 16. The maximum atomic E-state index is 8.50. The largest absolute Gasteiger partial charge is 0.396 e. The molecule has 48 heavy (non-hydrogen) atoms. The van der Waals surface area contributed by atoms with E-state index in [1.807, 2.05) is 0 Å². The summed E-state index contributed by atoms with van der Waals surface area (Å²) in [6.07, 6.45) is 0. The van der Waals surface area contributed by atoms with Gasteiger partial charge in [-0.15, -0.1) is 0 Å². The lowest BCUT2D eigenvalue weighted by Gasteiger charge is -2.23. The minimum atomic E-state index is -1.11. The van der Waals surface area contributed by atoms with E-state index in [4.69, 9.17) is 126 Å². The molecule has 0 radical (unpaired) electrons. The molecule has 0 fully saturated rings. The SMILES string of the molecule is OCC(CO)(CO)CO.OCC(CO)(CO)CO.OCC(CO)(CO)CO.OCC(CO)(CO)CO.[N-]=[N+]=[N-].[N-]=[N+]=[N-].[N-]=[N+]=[N-].[N-]=[N+]=[N-]. The molecule has 28 heteroatoms. The molecule has 0 heterocycles. The third kappa shape index (κ3) is 37.1. The molecule has 0 aromatic heterocycles. The first-order valence-electron chi connectivity index (χ1n) is 12.3. The highest BCUT2D eigenvalue weighted by Crippen LogP contribution is 2.13. The number of nitrogens with zero attached hydrogens (tertiary/aromatic N) is 12. The van der Waals surface area contributed by atoms with Gasteiger partial charge in [-0.1, -0.05) is 0 Å². The minimum absolute atomic E-state index is 0.406. The summed E-state index contributed by atoms with van der Waals surface area (Å²) in [4.78, 5) is 6.00. The second-order valence-electron chi connectivity index (χ2n) is 8.89. The van der Waals surface area contributed by atoms with E-state index in [2.05, 4.69) is 0 Å². The summed E-state index contributed by atoms with van der Waals surface area (Å²) >= 11 is 0. The molecule has 0 aliphatic carbocycles. The lowest BCUT2D eigenvalue weighted by molar-refractivity contribution is -0.0332. The zero-order valence-electron chi connectivity index (χ0n) is 25.8. The van der Waals surface area contributed by atoms with Gasteiger partial charge in [0, 0.05) is 0 Å². The van der Waals surface area contributed by atoms with Gasteiger partial charge in [0.05, 0.1) is 127 Å². The quantitative estimate of drug-likeness (QED) is 0.0405. The highest BCUT2D eigenvalue weighted by atomic mass is 16.3. The van der Waals surface area contributed by atoms with Crippen LogP contribution in [0.25, 0.3) is 63.9 Å². The van der Waals surface area contributed by atoms with Gasteiger partial charge in [0.1, 0.15) is 0 Å². The maximum Gasteiger partial charge on any atom is 0.0627 e. The van der Waals surface area contributed by atoms with Gasteiger partial charge >= 0.3 is 0 Å². The Bertz CT molecular complexity index is 581. The minimum Gasteiger partial charge on any atom is -0.396 e. The van der Waals surface area contributed by atoms with E-state index in [0.29, 0.717) is 0 Å². The van der Waals surface area contributed by atoms with Crippen molar-refractivity contribution in [1.82, 2.24) is 0 Å². The molecule has 0 atom stereocenters. The fraction of sp³-hybridized carbons (Fsp3) is 1.00. The first kappa shape index (κ1) is 63.3. The molecule has 0 unspecified atom stereocenters. The van der Waals surface area contributed by atoms with E-state index in [1.54, 1.807) is 0 Å². The highest BCUT2D eigenvalue weighted by Gasteiger charge is 2.28. The van der Waals surface area contributed by atoms with Crippen molar-refractivity contribution in [3.8, 4) is 0 Å². The average Bonchev–Trinajstić information content (AvgIpc) is 3.12. The summed E-state index contributed by atoms with van der Waals surface area (Å²) in [5.74, 6) is 0. The Morgan fingerprint density at radius 3 is 0.250 bits per heavy atom. The Kier molecular flexibility index (Phi) is 63.3. The van der Waals surface area contributed by atoms with Crippen molar-refractivity contribution in [2.45, 2.75) is 0 Å².